The van der Waals surface area contributed by atoms with Gasteiger partial charge in [0.05, 0.1) is 11.6 Å². The second kappa shape index (κ2) is 6.41. The minimum Gasteiger partial charge on any atom is -0.338 e. The normalized spacial score (nSPS) is 11.6. The number of hydrogen-bond donors (Lipinski definition) is 1. The van der Waals surface area contributed by atoms with E-state index in [0.717, 1.165) is 6.42 Å². The maximum Gasteiger partial charge on any atom is 0.255 e. The minimum absolute atomic E-state index is 0.00422. The van der Waals surface area contributed by atoms with Gasteiger partial charge in [0.2, 0.25) is 0 Å². The molecule has 0 bridgehead atoms. The highest BCUT2D eigenvalue weighted by atomic mass is 79.9. The maximum absolute atomic E-state index is 13.5. The quantitative estimate of drug-likeness (QED) is 0.850. The Morgan fingerprint density at radius 3 is 2.88 bits per heavy atom. The molecule has 1 rings (SSSR count). The van der Waals surface area contributed by atoms with Gasteiger partial charge >= 0.3 is 0 Å². The molecular formula is C13H13BrFNO. The number of hydrogen-bond acceptors (Lipinski definition) is 1. The van der Waals surface area contributed by atoms with Crippen LogP contribution in [-0.4, -0.2) is 11.9 Å². The Morgan fingerprint density at radius 1 is 1.65 bits per heavy atom. The van der Waals surface area contributed by atoms with Crippen LogP contribution in [0.2, 0.25) is 0 Å². The van der Waals surface area contributed by atoms with Gasteiger partial charge in [-0.25, -0.2) is 4.39 Å². The Balaban J connectivity index is 2.79. The number of nitrogens with one attached hydrogen (secondary N) is 1. The molecule has 0 radical (unpaired) electrons. The van der Waals surface area contributed by atoms with Crippen molar-refractivity contribution in [3.05, 3.63) is 34.1 Å². The summed E-state index contributed by atoms with van der Waals surface area (Å²) >= 11 is 3.13. The molecular weight excluding hydrogens is 285 g/mol. The molecule has 0 saturated heterocycles. The molecule has 90 valence electrons. The molecule has 0 aliphatic carbocycles. The van der Waals surface area contributed by atoms with Gasteiger partial charge in [-0.15, -0.1) is 6.42 Å². The highest BCUT2D eigenvalue weighted by Crippen LogP contribution is 2.15. The van der Waals surface area contributed by atoms with E-state index >= 15 is 0 Å². The molecule has 2 nitrogen and oxygen atoms in total. The average Bonchev–Trinajstić information content (AvgIpc) is 2.28. The van der Waals surface area contributed by atoms with Crippen molar-refractivity contribution in [1.29, 1.82) is 0 Å². The molecule has 1 amide bonds. The van der Waals surface area contributed by atoms with E-state index < -0.39 is 11.7 Å². The highest BCUT2D eigenvalue weighted by Gasteiger charge is 2.14. The van der Waals surface area contributed by atoms with E-state index in [-0.39, 0.29) is 11.6 Å². The lowest BCUT2D eigenvalue weighted by Crippen LogP contribution is -2.34. The van der Waals surface area contributed by atoms with Crippen LogP contribution in [-0.2, 0) is 0 Å². The first-order chi connectivity index (χ1) is 8.08. The third kappa shape index (κ3) is 3.86. The number of carbonyl (C=O) groups is 1. The summed E-state index contributed by atoms with van der Waals surface area (Å²) in [7, 11) is 0. The van der Waals surface area contributed by atoms with Gasteiger partial charge in [0.25, 0.3) is 5.91 Å². The summed E-state index contributed by atoms with van der Waals surface area (Å²) in [5.74, 6) is 1.43. The summed E-state index contributed by atoms with van der Waals surface area (Å²) in [5, 5.41) is 2.61. The lowest BCUT2D eigenvalue weighted by molar-refractivity contribution is 0.0940. The second-order valence-electron chi connectivity index (χ2n) is 3.61. The van der Waals surface area contributed by atoms with E-state index in [4.69, 9.17) is 6.42 Å². The monoisotopic (exact) mass is 297 g/mol. The molecule has 0 heterocycles. The molecule has 0 aliphatic heterocycles. The summed E-state index contributed by atoms with van der Waals surface area (Å²) in [6.45, 7) is 1.97. The molecule has 1 aromatic carbocycles. The third-order valence-electron chi connectivity index (χ3n) is 2.26. The van der Waals surface area contributed by atoms with Gasteiger partial charge in [0.15, 0.2) is 0 Å². The van der Waals surface area contributed by atoms with Crippen LogP contribution in [0.5, 0.6) is 0 Å². The Bertz CT molecular complexity index is 453. The number of carbonyl (C=O) groups excluding carboxylic acids is 1. The van der Waals surface area contributed by atoms with Crippen molar-refractivity contribution >= 4 is 21.8 Å². The topological polar surface area (TPSA) is 29.1 Å². The summed E-state index contributed by atoms with van der Waals surface area (Å²) in [6.07, 6.45) is 6.82. The second-order valence-corrected chi connectivity index (χ2v) is 4.52. The van der Waals surface area contributed by atoms with Crippen LogP contribution in [0.3, 0.4) is 0 Å². The predicted octanol–water partition coefficient (Wildman–Crippen LogP) is 3.12. The van der Waals surface area contributed by atoms with Crippen LogP contribution >= 0.6 is 15.9 Å². The van der Waals surface area contributed by atoms with Gasteiger partial charge < -0.3 is 5.32 Å². The van der Waals surface area contributed by atoms with Gasteiger partial charge in [-0.3, -0.25) is 4.79 Å². The fourth-order valence-electron chi connectivity index (χ4n) is 1.40. The fraction of sp³-hybridized carbons (Fsp3) is 0.308. The molecule has 17 heavy (non-hydrogen) atoms. The standard InChI is InChI=1S/C13H13BrFNO/c1-3-5-10(4-2)16-13(17)11-7-6-9(14)8-12(11)15/h2,6-8,10H,3,5H2,1H3,(H,16,17). The molecule has 1 aromatic rings. The summed E-state index contributed by atoms with van der Waals surface area (Å²) in [6, 6.07) is 3.94. The molecule has 4 heteroatoms. The predicted molar refractivity (Wildman–Crippen MR) is 69.1 cm³/mol. The SMILES string of the molecule is C#CC(CCC)NC(=O)c1ccc(Br)cc1F. The third-order valence-corrected chi connectivity index (χ3v) is 2.75. The zero-order valence-electron chi connectivity index (χ0n) is 9.47. The van der Waals surface area contributed by atoms with E-state index in [0.29, 0.717) is 10.9 Å². The largest absolute Gasteiger partial charge is 0.338 e. The lowest BCUT2D eigenvalue weighted by atomic mass is 10.1. The molecule has 1 N–H and O–H groups in total. The first-order valence-electron chi connectivity index (χ1n) is 5.30. The van der Waals surface area contributed by atoms with E-state index in [2.05, 4.69) is 27.2 Å². The van der Waals surface area contributed by atoms with Crippen molar-refractivity contribution < 1.29 is 9.18 Å². The van der Waals surface area contributed by atoms with E-state index in [1.165, 1.54) is 12.1 Å². The molecule has 1 unspecified atom stereocenters. The first-order valence-corrected chi connectivity index (χ1v) is 6.09. The van der Waals surface area contributed by atoms with Gasteiger partial charge in [0, 0.05) is 4.47 Å². The fourth-order valence-corrected chi connectivity index (χ4v) is 1.73. The zero-order valence-corrected chi connectivity index (χ0v) is 11.1. The minimum atomic E-state index is -0.566. The van der Waals surface area contributed by atoms with Crippen molar-refractivity contribution in [2.75, 3.05) is 0 Å². The van der Waals surface area contributed by atoms with E-state index in [9.17, 15) is 9.18 Å². The van der Waals surface area contributed by atoms with Crippen LogP contribution in [0.1, 0.15) is 30.1 Å². The lowest BCUT2D eigenvalue weighted by Gasteiger charge is -2.12. The van der Waals surface area contributed by atoms with Crippen LogP contribution in [0, 0.1) is 18.2 Å². The van der Waals surface area contributed by atoms with Crippen LogP contribution in [0.15, 0.2) is 22.7 Å². The smallest absolute Gasteiger partial charge is 0.255 e. The van der Waals surface area contributed by atoms with E-state index in [1.54, 1.807) is 6.07 Å². The van der Waals surface area contributed by atoms with Gasteiger partial charge in [-0.2, -0.15) is 0 Å². The Morgan fingerprint density at radius 2 is 2.35 bits per heavy atom. The van der Waals surface area contributed by atoms with Crippen LogP contribution < -0.4 is 5.32 Å². The van der Waals surface area contributed by atoms with Crippen LogP contribution in [0.4, 0.5) is 4.39 Å². The van der Waals surface area contributed by atoms with Gasteiger partial charge in [-0.05, 0) is 24.6 Å². The zero-order chi connectivity index (χ0) is 12.8. The summed E-state index contributed by atoms with van der Waals surface area (Å²) < 4.78 is 14.1. The molecule has 0 aromatic heterocycles. The molecule has 0 fully saturated rings. The number of halogens is 2. The van der Waals surface area contributed by atoms with Crippen molar-refractivity contribution in [1.82, 2.24) is 5.32 Å². The Labute approximate surface area is 109 Å². The number of amides is 1. The number of benzene rings is 1. The van der Waals surface area contributed by atoms with Crippen molar-refractivity contribution in [3.8, 4) is 12.3 Å². The Hall–Kier alpha value is -1.34. The van der Waals surface area contributed by atoms with Crippen molar-refractivity contribution in [2.24, 2.45) is 0 Å². The summed E-state index contributed by atoms with van der Waals surface area (Å²) in [5.41, 5.74) is 0.00422. The molecule has 0 saturated carbocycles. The maximum atomic E-state index is 13.5. The molecule has 0 spiro atoms. The molecule has 0 aliphatic rings. The van der Waals surface area contributed by atoms with Crippen molar-refractivity contribution in [2.45, 2.75) is 25.8 Å². The highest BCUT2D eigenvalue weighted by molar-refractivity contribution is 9.10. The van der Waals surface area contributed by atoms with Crippen molar-refractivity contribution in [3.63, 3.8) is 0 Å². The van der Waals surface area contributed by atoms with Gasteiger partial charge in [0.1, 0.15) is 5.82 Å². The average molecular weight is 298 g/mol. The van der Waals surface area contributed by atoms with E-state index in [1.807, 2.05) is 6.92 Å². The first kappa shape index (κ1) is 13.7. The summed E-state index contributed by atoms with van der Waals surface area (Å²) in [4.78, 5) is 11.8. The van der Waals surface area contributed by atoms with Crippen LogP contribution in [0.25, 0.3) is 0 Å². The number of terminal acetylenes is 1. The Kier molecular flexibility index (Phi) is 5.17. The molecule has 1 atom stereocenters. The number of rotatable bonds is 4. The van der Waals surface area contributed by atoms with Gasteiger partial charge in [-0.1, -0.05) is 35.2 Å².